The summed E-state index contributed by atoms with van der Waals surface area (Å²) in [6.07, 6.45) is 0. The minimum absolute atomic E-state index is 0.0763. The van der Waals surface area contributed by atoms with Crippen LogP contribution in [0.1, 0.15) is 0 Å². The zero-order chi connectivity index (χ0) is 15.0. The van der Waals surface area contributed by atoms with Crippen LogP contribution in [-0.4, -0.2) is 5.16 Å². The summed E-state index contributed by atoms with van der Waals surface area (Å²) in [7, 11) is 0. The molecular formula is C15H9Cl2FN2O. The zero-order valence-electron chi connectivity index (χ0n) is 10.6. The quantitative estimate of drug-likeness (QED) is 0.719. The second-order valence-corrected chi connectivity index (χ2v) is 5.22. The van der Waals surface area contributed by atoms with Gasteiger partial charge in [-0.15, -0.1) is 0 Å². The molecule has 0 atom stereocenters. The van der Waals surface area contributed by atoms with Crippen LogP contribution in [0.5, 0.6) is 0 Å². The van der Waals surface area contributed by atoms with E-state index in [1.807, 2.05) is 0 Å². The zero-order valence-corrected chi connectivity index (χ0v) is 12.1. The Morgan fingerprint density at radius 1 is 1.05 bits per heavy atom. The van der Waals surface area contributed by atoms with Gasteiger partial charge in [0.15, 0.2) is 0 Å². The van der Waals surface area contributed by atoms with Crippen LogP contribution in [0.3, 0.4) is 0 Å². The summed E-state index contributed by atoms with van der Waals surface area (Å²) < 4.78 is 19.1. The Kier molecular flexibility index (Phi) is 3.57. The van der Waals surface area contributed by atoms with Gasteiger partial charge in [0.2, 0.25) is 5.88 Å². The van der Waals surface area contributed by atoms with E-state index in [9.17, 15) is 4.39 Å². The van der Waals surface area contributed by atoms with E-state index in [0.717, 1.165) is 0 Å². The summed E-state index contributed by atoms with van der Waals surface area (Å²) in [5.41, 5.74) is 7.44. The van der Waals surface area contributed by atoms with Gasteiger partial charge in [-0.3, -0.25) is 0 Å². The topological polar surface area (TPSA) is 52.0 Å². The summed E-state index contributed by atoms with van der Waals surface area (Å²) in [6.45, 7) is 0. The first kappa shape index (κ1) is 13.9. The molecule has 3 aromatic rings. The number of hydrogen-bond donors (Lipinski definition) is 1. The van der Waals surface area contributed by atoms with Crippen LogP contribution in [0.4, 0.5) is 10.3 Å². The van der Waals surface area contributed by atoms with Gasteiger partial charge in [-0.25, -0.2) is 4.39 Å². The summed E-state index contributed by atoms with van der Waals surface area (Å²) >= 11 is 11.9. The van der Waals surface area contributed by atoms with Crippen LogP contribution >= 0.6 is 23.2 Å². The molecule has 2 aromatic carbocycles. The van der Waals surface area contributed by atoms with E-state index in [2.05, 4.69) is 5.16 Å². The highest BCUT2D eigenvalue weighted by Gasteiger charge is 2.21. The van der Waals surface area contributed by atoms with Crippen LogP contribution in [0.25, 0.3) is 22.4 Å². The molecule has 0 aliphatic heterocycles. The van der Waals surface area contributed by atoms with Crippen molar-refractivity contribution in [3.05, 3.63) is 58.3 Å². The molecule has 0 bridgehead atoms. The van der Waals surface area contributed by atoms with Gasteiger partial charge in [0, 0.05) is 21.2 Å². The van der Waals surface area contributed by atoms with Gasteiger partial charge in [-0.2, -0.15) is 0 Å². The number of rotatable bonds is 2. The van der Waals surface area contributed by atoms with Crippen molar-refractivity contribution in [2.75, 3.05) is 5.73 Å². The number of nitrogens with two attached hydrogens (primary N) is 1. The molecule has 2 N–H and O–H groups in total. The molecular weight excluding hydrogens is 314 g/mol. The largest absolute Gasteiger partial charge is 0.367 e. The molecule has 0 spiro atoms. The molecule has 1 aromatic heterocycles. The third kappa shape index (κ3) is 2.48. The Morgan fingerprint density at radius 3 is 2.52 bits per heavy atom. The molecule has 1 heterocycles. The second-order valence-electron chi connectivity index (χ2n) is 4.37. The van der Waals surface area contributed by atoms with Crippen molar-refractivity contribution >= 4 is 29.1 Å². The highest BCUT2D eigenvalue weighted by atomic mass is 35.5. The predicted octanol–water partition coefficient (Wildman–Crippen LogP) is 5.04. The SMILES string of the molecule is Nc1onc(-c2ccc(Cl)cc2F)c1-c1ccccc1Cl. The second kappa shape index (κ2) is 5.39. The number of anilines is 1. The van der Waals surface area contributed by atoms with Crippen molar-refractivity contribution in [1.29, 1.82) is 0 Å². The molecule has 3 rings (SSSR count). The number of hydrogen-bond acceptors (Lipinski definition) is 3. The van der Waals surface area contributed by atoms with E-state index >= 15 is 0 Å². The molecule has 0 aliphatic carbocycles. The van der Waals surface area contributed by atoms with Crippen molar-refractivity contribution in [3.63, 3.8) is 0 Å². The van der Waals surface area contributed by atoms with E-state index in [1.165, 1.54) is 12.1 Å². The molecule has 3 nitrogen and oxygen atoms in total. The summed E-state index contributed by atoms with van der Waals surface area (Å²) in [5.74, 6) is -0.434. The molecule has 21 heavy (non-hydrogen) atoms. The number of nitrogens with zero attached hydrogens (tertiary/aromatic N) is 1. The van der Waals surface area contributed by atoms with Gasteiger partial charge in [-0.1, -0.05) is 46.6 Å². The molecule has 0 radical (unpaired) electrons. The van der Waals surface area contributed by atoms with E-state index in [-0.39, 0.29) is 17.1 Å². The minimum Gasteiger partial charge on any atom is -0.367 e. The average Bonchev–Trinajstić information content (AvgIpc) is 2.81. The Bertz CT molecular complexity index is 817. The van der Waals surface area contributed by atoms with E-state index in [0.29, 0.717) is 21.2 Å². The van der Waals surface area contributed by atoms with Gasteiger partial charge in [-0.05, 0) is 24.3 Å². The Labute approximate surface area is 130 Å². The lowest BCUT2D eigenvalue weighted by molar-refractivity contribution is 0.439. The maximum absolute atomic E-state index is 14.1. The molecule has 6 heteroatoms. The maximum Gasteiger partial charge on any atom is 0.230 e. The monoisotopic (exact) mass is 322 g/mol. The molecule has 0 amide bonds. The van der Waals surface area contributed by atoms with Crippen molar-refractivity contribution in [2.45, 2.75) is 0 Å². The lowest BCUT2D eigenvalue weighted by Crippen LogP contribution is -1.90. The predicted molar refractivity (Wildman–Crippen MR) is 81.8 cm³/mol. The van der Waals surface area contributed by atoms with E-state index < -0.39 is 5.82 Å². The third-order valence-corrected chi connectivity index (χ3v) is 3.61. The molecule has 106 valence electrons. The fourth-order valence-corrected chi connectivity index (χ4v) is 2.48. The molecule has 0 saturated heterocycles. The van der Waals surface area contributed by atoms with Crippen molar-refractivity contribution < 1.29 is 8.91 Å². The van der Waals surface area contributed by atoms with Crippen molar-refractivity contribution in [1.82, 2.24) is 5.16 Å². The summed E-state index contributed by atoms with van der Waals surface area (Å²) in [6, 6.07) is 11.4. The maximum atomic E-state index is 14.1. The van der Waals surface area contributed by atoms with Crippen LogP contribution < -0.4 is 5.73 Å². The van der Waals surface area contributed by atoms with Crippen molar-refractivity contribution in [2.24, 2.45) is 0 Å². The normalized spacial score (nSPS) is 10.8. The third-order valence-electron chi connectivity index (χ3n) is 3.05. The molecule has 0 saturated carbocycles. The van der Waals surface area contributed by atoms with Crippen LogP contribution in [0, 0.1) is 5.82 Å². The first-order valence-electron chi connectivity index (χ1n) is 6.03. The van der Waals surface area contributed by atoms with Gasteiger partial charge in [0.05, 0.1) is 5.56 Å². The fraction of sp³-hybridized carbons (Fsp3) is 0. The number of halogens is 3. The van der Waals surface area contributed by atoms with E-state index in [1.54, 1.807) is 30.3 Å². The number of nitrogen functional groups attached to an aromatic ring is 1. The molecule has 0 fully saturated rings. The highest BCUT2D eigenvalue weighted by molar-refractivity contribution is 6.33. The van der Waals surface area contributed by atoms with Gasteiger partial charge in [0.25, 0.3) is 0 Å². The Balaban J connectivity index is 2.25. The average molecular weight is 323 g/mol. The number of aromatic nitrogens is 1. The first-order valence-corrected chi connectivity index (χ1v) is 6.79. The van der Waals surface area contributed by atoms with Gasteiger partial charge >= 0.3 is 0 Å². The molecule has 0 unspecified atom stereocenters. The fourth-order valence-electron chi connectivity index (χ4n) is 2.09. The first-order chi connectivity index (χ1) is 10.1. The number of benzene rings is 2. The summed E-state index contributed by atoms with van der Waals surface area (Å²) in [4.78, 5) is 0. The molecule has 0 aliphatic rings. The Morgan fingerprint density at radius 2 is 1.81 bits per heavy atom. The smallest absolute Gasteiger partial charge is 0.230 e. The van der Waals surface area contributed by atoms with Crippen LogP contribution in [0.2, 0.25) is 10.0 Å². The van der Waals surface area contributed by atoms with Crippen molar-refractivity contribution in [3.8, 4) is 22.4 Å². The van der Waals surface area contributed by atoms with Gasteiger partial charge < -0.3 is 10.3 Å². The van der Waals surface area contributed by atoms with E-state index in [4.69, 9.17) is 33.5 Å². The van der Waals surface area contributed by atoms with Gasteiger partial charge in [0.1, 0.15) is 11.5 Å². The van der Waals surface area contributed by atoms with Crippen LogP contribution in [-0.2, 0) is 0 Å². The standard InChI is InChI=1S/C15H9Cl2FN2O/c16-8-5-6-10(12(18)7-8)14-13(15(19)21-20-14)9-3-1-2-4-11(9)17/h1-7H,19H2. The van der Waals surface area contributed by atoms with Crippen LogP contribution in [0.15, 0.2) is 47.0 Å². The lowest BCUT2D eigenvalue weighted by atomic mass is 10.0. The summed E-state index contributed by atoms with van der Waals surface area (Å²) in [5, 5.41) is 4.63. The lowest BCUT2D eigenvalue weighted by Gasteiger charge is -2.06. The Hall–Kier alpha value is -2.04. The minimum atomic E-state index is -0.510. The highest BCUT2D eigenvalue weighted by Crippen LogP contribution is 2.40.